The van der Waals surface area contributed by atoms with Crippen molar-refractivity contribution in [1.29, 1.82) is 0 Å². The molecule has 1 N–H and O–H groups in total. The van der Waals surface area contributed by atoms with Crippen molar-refractivity contribution in [3.63, 3.8) is 0 Å². The third-order valence-electron chi connectivity index (χ3n) is 4.69. The molecule has 0 spiro atoms. The second kappa shape index (κ2) is 9.14. The number of amides is 1. The number of hydrogen-bond acceptors (Lipinski definition) is 7. The Hall–Kier alpha value is -1.93. The molecule has 26 heavy (non-hydrogen) atoms. The van der Waals surface area contributed by atoms with E-state index in [4.69, 9.17) is 9.47 Å². The van der Waals surface area contributed by atoms with Crippen molar-refractivity contribution < 1.29 is 23.9 Å². The molecule has 0 atom stereocenters. The number of nitrogens with one attached hydrogen (secondary N) is 1. The van der Waals surface area contributed by atoms with Crippen molar-refractivity contribution in [1.82, 2.24) is 4.90 Å². The predicted molar refractivity (Wildman–Crippen MR) is 99.8 cm³/mol. The third-order valence-corrected chi connectivity index (χ3v) is 5.88. The van der Waals surface area contributed by atoms with Crippen molar-refractivity contribution >= 4 is 34.2 Å². The Morgan fingerprint density at radius 2 is 1.77 bits per heavy atom. The summed E-state index contributed by atoms with van der Waals surface area (Å²) in [6, 6.07) is 0. The molecule has 2 rings (SSSR count). The SMILES string of the molecule is COC(=O)c1sc(NC(=O)CCN2CCC(C)CC2)c(C(=O)OC)c1C. The molecule has 0 aromatic carbocycles. The number of methoxy groups -OCH3 is 2. The fourth-order valence-electron chi connectivity index (χ4n) is 2.97. The molecule has 1 aliphatic heterocycles. The summed E-state index contributed by atoms with van der Waals surface area (Å²) < 4.78 is 9.53. The molecule has 1 aromatic rings. The number of carbonyl (C=O) groups is 3. The molecule has 1 aliphatic rings. The van der Waals surface area contributed by atoms with Gasteiger partial charge in [-0.3, -0.25) is 4.79 Å². The smallest absolute Gasteiger partial charge is 0.348 e. The zero-order chi connectivity index (χ0) is 19.3. The van der Waals surface area contributed by atoms with Gasteiger partial charge in [0.2, 0.25) is 5.91 Å². The number of esters is 2. The summed E-state index contributed by atoms with van der Waals surface area (Å²) in [7, 11) is 2.54. The van der Waals surface area contributed by atoms with Crippen LogP contribution in [0, 0.1) is 12.8 Å². The molecule has 1 aromatic heterocycles. The van der Waals surface area contributed by atoms with E-state index < -0.39 is 11.9 Å². The van der Waals surface area contributed by atoms with Crippen LogP contribution in [0.3, 0.4) is 0 Å². The van der Waals surface area contributed by atoms with Crippen molar-refractivity contribution in [2.75, 3.05) is 39.2 Å². The summed E-state index contributed by atoms with van der Waals surface area (Å²) in [6.07, 6.45) is 2.64. The van der Waals surface area contributed by atoms with Crippen molar-refractivity contribution in [2.24, 2.45) is 5.92 Å². The maximum atomic E-state index is 12.3. The molecule has 0 unspecified atom stereocenters. The van der Waals surface area contributed by atoms with E-state index in [-0.39, 0.29) is 16.3 Å². The normalized spacial score (nSPS) is 15.5. The second-order valence-corrected chi connectivity index (χ2v) is 7.59. The molecule has 0 saturated carbocycles. The van der Waals surface area contributed by atoms with Gasteiger partial charge in [0.15, 0.2) is 0 Å². The van der Waals surface area contributed by atoms with Crippen LogP contribution >= 0.6 is 11.3 Å². The first kappa shape index (κ1) is 20.4. The van der Waals surface area contributed by atoms with Crippen molar-refractivity contribution in [3.8, 4) is 0 Å². The third kappa shape index (κ3) is 4.82. The fraction of sp³-hybridized carbons (Fsp3) is 0.611. The highest BCUT2D eigenvalue weighted by Gasteiger charge is 2.27. The lowest BCUT2D eigenvalue weighted by Gasteiger charge is -2.29. The van der Waals surface area contributed by atoms with E-state index in [1.54, 1.807) is 6.92 Å². The lowest BCUT2D eigenvalue weighted by Crippen LogP contribution is -2.35. The second-order valence-electron chi connectivity index (χ2n) is 6.57. The number of thiophene rings is 1. The standard InChI is InChI=1S/C18H26N2O5S/c1-11-5-8-20(9-6-11)10-7-13(21)19-16-14(17(22)24-3)12(2)15(26-16)18(23)25-4/h11H,5-10H2,1-4H3,(H,19,21). The first-order valence-electron chi connectivity index (χ1n) is 8.69. The molecule has 1 fully saturated rings. The lowest BCUT2D eigenvalue weighted by atomic mass is 9.99. The highest BCUT2D eigenvalue weighted by Crippen LogP contribution is 2.34. The van der Waals surface area contributed by atoms with Gasteiger partial charge in [0.25, 0.3) is 0 Å². The van der Waals surface area contributed by atoms with Crippen LogP contribution < -0.4 is 5.32 Å². The molecule has 7 nitrogen and oxygen atoms in total. The number of ether oxygens (including phenoxy) is 2. The Kier molecular flexibility index (Phi) is 7.16. The van der Waals surface area contributed by atoms with Crippen LogP contribution in [0.4, 0.5) is 5.00 Å². The molecule has 0 aliphatic carbocycles. The number of piperidine rings is 1. The van der Waals surface area contributed by atoms with Gasteiger partial charge in [0.1, 0.15) is 9.88 Å². The molecule has 8 heteroatoms. The van der Waals surface area contributed by atoms with E-state index in [0.29, 0.717) is 23.5 Å². The summed E-state index contributed by atoms with van der Waals surface area (Å²) in [5.41, 5.74) is 0.659. The number of anilines is 1. The summed E-state index contributed by atoms with van der Waals surface area (Å²) in [5.74, 6) is -0.574. The highest BCUT2D eigenvalue weighted by atomic mass is 32.1. The van der Waals surface area contributed by atoms with Gasteiger partial charge in [0, 0.05) is 13.0 Å². The fourth-order valence-corrected chi connectivity index (χ4v) is 4.10. The minimum absolute atomic E-state index is 0.188. The van der Waals surface area contributed by atoms with Gasteiger partial charge >= 0.3 is 11.9 Å². The van der Waals surface area contributed by atoms with Crippen LogP contribution in [0.1, 0.15) is 51.8 Å². The molecule has 0 radical (unpaired) electrons. The number of likely N-dealkylation sites (tertiary alicyclic amines) is 1. The topological polar surface area (TPSA) is 84.9 Å². The van der Waals surface area contributed by atoms with Gasteiger partial charge in [-0.2, -0.15) is 0 Å². The Morgan fingerprint density at radius 3 is 2.35 bits per heavy atom. The van der Waals surface area contributed by atoms with Crippen LogP contribution in [0.5, 0.6) is 0 Å². The van der Waals surface area contributed by atoms with Gasteiger partial charge < -0.3 is 19.7 Å². The summed E-state index contributed by atoms with van der Waals surface area (Å²) >= 11 is 1.03. The van der Waals surface area contributed by atoms with E-state index in [1.807, 2.05) is 0 Å². The lowest BCUT2D eigenvalue weighted by molar-refractivity contribution is -0.116. The summed E-state index contributed by atoms with van der Waals surface area (Å²) in [5, 5.41) is 3.08. The zero-order valence-corrected chi connectivity index (χ0v) is 16.5. The Morgan fingerprint density at radius 1 is 1.15 bits per heavy atom. The van der Waals surface area contributed by atoms with Crippen LogP contribution in [0.25, 0.3) is 0 Å². The molecule has 2 heterocycles. The average Bonchev–Trinajstić information content (AvgIpc) is 2.96. The number of nitrogens with zero attached hydrogens (tertiary/aromatic N) is 1. The minimum Gasteiger partial charge on any atom is -0.465 e. The number of rotatable bonds is 6. The van der Waals surface area contributed by atoms with E-state index in [1.165, 1.54) is 14.2 Å². The Labute approximate surface area is 157 Å². The van der Waals surface area contributed by atoms with Crippen LogP contribution in [0.2, 0.25) is 0 Å². The maximum Gasteiger partial charge on any atom is 0.348 e. The summed E-state index contributed by atoms with van der Waals surface area (Å²) in [4.78, 5) is 38.8. The quantitative estimate of drug-likeness (QED) is 0.762. The van der Waals surface area contributed by atoms with Gasteiger partial charge in [-0.25, -0.2) is 9.59 Å². The maximum absolute atomic E-state index is 12.3. The first-order valence-corrected chi connectivity index (χ1v) is 9.51. The largest absolute Gasteiger partial charge is 0.465 e. The molecule has 0 bridgehead atoms. The molecular formula is C18H26N2O5S. The van der Waals surface area contributed by atoms with Crippen LogP contribution in [-0.4, -0.2) is 56.6 Å². The van der Waals surface area contributed by atoms with E-state index in [9.17, 15) is 14.4 Å². The van der Waals surface area contributed by atoms with Crippen LogP contribution in [0.15, 0.2) is 0 Å². The van der Waals surface area contributed by atoms with Gasteiger partial charge in [-0.1, -0.05) is 6.92 Å². The average molecular weight is 382 g/mol. The molecule has 1 amide bonds. The summed E-state index contributed by atoms with van der Waals surface area (Å²) in [6.45, 7) is 6.58. The molecule has 144 valence electrons. The Balaban J connectivity index is 2.06. The number of carbonyl (C=O) groups excluding carboxylic acids is 3. The Bertz CT molecular complexity index is 677. The molecule has 1 saturated heterocycles. The van der Waals surface area contributed by atoms with E-state index >= 15 is 0 Å². The van der Waals surface area contributed by atoms with E-state index in [2.05, 4.69) is 17.1 Å². The van der Waals surface area contributed by atoms with Gasteiger partial charge in [-0.05, 0) is 44.3 Å². The molecular weight excluding hydrogens is 356 g/mol. The monoisotopic (exact) mass is 382 g/mol. The highest BCUT2D eigenvalue weighted by molar-refractivity contribution is 7.18. The zero-order valence-electron chi connectivity index (χ0n) is 15.7. The van der Waals surface area contributed by atoms with Crippen molar-refractivity contribution in [3.05, 3.63) is 16.0 Å². The first-order chi connectivity index (χ1) is 12.4. The van der Waals surface area contributed by atoms with E-state index in [0.717, 1.165) is 43.2 Å². The van der Waals surface area contributed by atoms with Gasteiger partial charge in [-0.15, -0.1) is 11.3 Å². The van der Waals surface area contributed by atoms with Crippen molar-refractivity contribution in [2.45, 2.75) is 33.1 Å². The van der Waals surface area contributed by atoms with Gasteiger partial charge in [0.05, 0.1) is 19.8 Å². The minimum atomic E-state index is -0.589. The van der Waals surface area contributed by atoms with Crippen LogP contribution in [-0.2, 0) is 14.3 Å². The number of hydrogen-bond donors (Lipinski definition) is 1. The predicted octanol–water partition coefficient (Wildman–Crippen LogP) is 2.69.